The molecule has 27 heavy (non-hydrogen) atoms. The number of methoxy groups -OCH3 is 1. The minimum absolute atomic E-state index is 0.0178. The average Bonchev–Trinajstić information content (AvgIpc) is 3.15. The summed E-state index contributed by atoms with van der Waals surface area (Å²) in [4.78, 5) is 29.8. The van der Waals surface area contributed by atoms with E-state index in [-0.39, 0.29) is 23.3 Å². The molecule has 0 bridgehead atoms. The van der Waals surface area contributed by atoms with Crippen LogP contribution < -0.4 is 10.9 Å². The SMILES string of the molecule is COCCCn1c(SCC(=O)NC2CCCC2)nc2cc(Cl)ccc2c1=O. The van der Waals surface area contributed by atoms with Crippen LogP contribution in [0, 0.1) is 0 Å². The Labute approximate surface area is 167 Å². The summed E-state index contributed by atoms with van der Waals surface area (Å²) in [6, 6.07) is 5.35. The van der Waals surface area contributed by atoms with Crippen molar-refractivity contribution in [2.24, 2.45) is 0 Å². The van der Waals surface area contributed by atoms with E-state index in [9.17, 15) is 9.59 Å². The summed E-state index contributed by atoms with van der Waals surface area (Å²) in [5, 5.41) is 4.65. The summed E-state index contributed by atoms with van der Waals surface area (Å²) < 4.78 is 6.72. The van der Waals surface area contributed by atoms with Crippen LogP contribution in [0.4, 0.5) is 0 Å². The van der Waals surface area contributed by atoms with Gasteiger partial charge in [0.05, 0.1) is 16.7 Å². The summed E-state index contributed by atoms with van der Waals surface area (Å²) in [7, 11) is 1.63. The molecule has 1 aromatic heterocycles. The van der Waals surface area contributed by atoms with Gasteiger partial charge in [-0.25, -0.2) is 4.98 Å². The third-order valence-corrected chi connectivity index (χ3v) is 5.88. The topological polar surface area (TPSA) is 73.2 Å². The minimum atomic E-state index is -0.119. The Morgan fingerprint density at radius 3 is 2.93 bits per heavy atom. The number of nitrogens with one attached hydrogen (secondary N) is 1. The molecule has 2 aromatic rings. The molecule has 1 aliphatic rings. The summed E-state index contributed by atoms with van der Waals surface area (Å²) >= 11 is 7.34. The number of thioether (sulfide) groups is 1. The Kier molecular flexibility index (Phi) is 7.15. The second-order valence-corrected chi connectivity index (χ2v) is 8.08. The van der Waals surface area contributed by atoms with Crippen LogP contribution in [0.1, 0.15) is 32.1 Å². The maximum Gasteiger partial charge on any atom is 0.262 e. The molecule has 1 fully saturated rings. The number of aromatic nitrogens is 2. The summed E-state index contributed by atoms with van der Waals surface area (Å²) in [6.07, 6.45) is 5.13. The summed E-state index contributed by atoms with van der Waals surface area (Å²) in [5.41, 5.74) is 0.431. The number of amides is 1. The number of ether oxygens (including phenoxy) is 1. The van der Waals surface area contributed by atoms with Crippen molar-refractivity contribution >= 4 is 40.2 Å². The highest BCUT2D eigenvalue weighted by Gasteiger charge is 2.18. The van der Waals surface area contributed by atoms with E-state index in [1.807, 2.05) is 0 Å². The average molecular weight is 410 g/mol. The number of rotatable bonds is 8. The molecule has 0 saturated heterocycles. The first kappa shape index (κ1) is 20.2. The highest BCUT2D eigenvalue weighted by Crippen LogP contribution is 2.22. The Morgan fingerprint density at radius 2 is 2.19 bits per heavy atom. The summed E-state index contributed by atoms with van der Waals surface area (Å²) in [6.45, 7) is 1.04. The first-order valence-electron chi connectivity index (χ1n) is 9.19. The van der Waals surface area contributed by atoms with Gasteiger partial charge in [0.2, 0.25) is 5.91 Å². The van der Waals surface area contributed by atoms with E-state index in [2.05, 4.69) is 10.3 Å². The highest BCUT2D eigenvalue weighted by molar-refractivity contribution is 7.99. The molecule has 6 nitrogen and oxygen atoms in total. The van der Waals surface area contributed by atoms with Crippen LogP contribution in [0.2, 0.25) is 5.02 Å². The van der Waals surface area contributed by atoms with Crippen molar-refractivity contribution in [3.8, 4) is 0 Å². The number of halogens is 1. The molecule has 0 atom stereocenters. The maximum absolute atomic E-state index is 12.9. The van der Waals surface area contributed by atoms with Crippen LogP contribution in [-0.2, 0) is 16.1 Å². The molecule has 0 aliphatic heterocycles. The molecule has 0 spiro atoms. The fraction of sp³-hybridized carbons (Fsp3) is 0.526. The summed E-state index contributed by atoms with van der Waals surface area (Å²) in [5.74, 6) is 0.218. The molecule has 1 N–H and O–H groups in total. The number of benzene rings is 1. The lowest BCUT2D eigenvalue weighted by atomic mass is 10.2. The first-order chi connectivity index (χ1) is 13.1. The maximum atomic E-state index is 12.9. The van der Waals surface area contributed by atoms with Gasteiger partial charge in [0.25, 0.3) is 5.56 Å². The number of fused-ring (bicyclic) bond motifs is 1. The van der Waals surface area contributed by atoms with Crippen molar-refractivity contribution in [2.75, 3.05) is 19.5 Å². The first-order valence-corrected chi connectivity index (χ1v) is 10.6. The van der Waals surface area contributed by atoms with E-state index >= 15 is 0 Å². The largest absolute Gasteiger partial charge is 0.385 e. The molecule has 146 valence electrons. The number of carbonyl (C=O) groups is 1. The lowest BCUT2D eigenvalue weighted by Crippen LogP contribution is -2.34. The third kappa shape index (κ3) is 5.24. The molecule has 1 amide bonds. The normalized spacial score (nSPS) is 14.7. The number of nitrogens with zero attached hydrogens (tertiary/aromatic N) is 2. The zero-order valence-corrected chi connectivity index (χ0v) is 16.9. The number of hydrogen-bond donors (Lipinski definition) is 1. The van der Waals surface area contributed by atoms with Gasteiger partial charge in [0, 0.05) is 31.3 Å². The molecule has 8 heteroatoms. The van der Waals surface area contributed by atoms with Crippen molar-refractivity contribution in [3.63, 3.8) is 0 Å². The van der Waals surface area contributed by atoms with Crippen LogP contribution in [-0.4, -0.2) is 41.0 Å². The number of hydrogen-bond acceptors (Lipinski definition) is 5. The van der Waals surface area contributed by atoms with Gasteiger partial charge in [-0.05, 0) is 37.5 Å². The van der Waals surface area contributed by atoms with Crippen molar-refractivity contribution in [1.29, 1.82) is 0 Å². The Bertz CT molecular complexity index is 865. The van der Waals surface area contributed by atoms with Crippen LogP contribution in [0.25, 0.3) is 10.9 Å². The molecule has 0 radical (unpaired) electrons. The lowest BCUT2D eigenvalue weighted by Gasteiger charge is -2.14. The zero-order valence-electron chi connectivity index (χ0n) is 15.4. The zero-order chi connectivity index (χ0) is 19.2. The van der Waals surface area contributed by atoms with Crippen LogP contribution >= 0.6 is 23.4 Å². The van der Waals surface area contributed by atoms with E-state index in [0.717, 1.165) is 12.8 Å². The van der Waals surface area contributed by atoms with Crippen molar-refractivity contribution in [2.45, 2.75) is 49.8 Å². The molecule has 1 heterocycles. The Hall–Kier alpha value is -1.57. The predicted molar refractivity (Wildman–Crippen MR) is 109 cm³/mol. The van der Waals surface area contributed by atoms with Gasteiger partial charge >= 0.3 is 0 Å². The van der Waals surface area contributed by atoms with E-state index in [0.29, 0.717) is 40.7 Å². The van der Waals surface area contributed by atoms with Crippen molar-refractivity contribution in [1.82, 2.24) is 14.9 Å². The molecule has 1 saturated carbocycles. The fourth-order valence-electron chi connectivity index (χ4n) is 3.32. The molecule has 1 aromatic carbocycles. The lowest BCUT2D eigenvalue weighted by molar-refractivity contribution is -0.119. The molecular weight excluding hydrogens is 386 g/mol. The van der Waals surface area contributed by atoms with Crippen LogP contribution in [0.3, 0.4) is 0 Å². The van der Waals surface area contributed by atoms with Gasteiger partial charge < -0.3 is 10.1 Å². The van der Waals surface area contributed by atoms with Crippen LogP contribution in [0.15, 0.2) is 28.2 Å². The quantitative estimate of drug-likeness (QED) is 0.411. The van der Waals surface area contributed by atoms with E-state index in [1.165, 1.54) is 24.6 Å². The molecule has 1 aliphatic carbocycles. The Morgan fingerprint density at radius 1 is 1.41 bits per heavy atom. The standard InChI is InChI=1S/C19H24ClN3O3S/c1-26-10-4-9-23-18(25)15-8-7-13(20)11-16(15)22-19(23)27-12-17(24)21-14-5-2-3-6-14/h7-8,11,14H,2-6,9-10,12H2,1H3,(H,21,24). The van der Waals surface area contributed by atoms with Gasteiger partial charge in [0.15, 0.2) is 5.16 Å². The van der Waals surface area contributed by atoms with Gasteiger partial charge in [-0.3, -0.25) is 14.2 Å². The van der Waals surface area contributed by atoms with E-state index in [1.54, 1.807) is 29.9 Å². The van der Waals surface area contributed by atoms with Crippen LogP contribution in [0.5, 0.6) is 0 Å². The second kappa shape index (κ2) is 9.57. The van der Waals surface area contributed by atoms with Gasteiger partial charge in [0.1, 0.15) is 0 Å². The van der Waals surface area contributed by atoms with E-state index in [4.69, 9.17) is 16.3 Å². The van der Waals surface area contributed by atoms with Gasteiger partial charge in [-0.15, -0.1) is 0 Å². The number of carbonyl (C=O) groups excluding carboxylic acids is 1. The van der Waals surface area contributed by atoms with Gasteiger partial charge in [-0.1, -0.05) is 36.2 Å². The van der Waals surface area contributed by atoms with Gasteiger partial charge in [-0.2, -0.15) is 0 Å². The molecular formula is C19H24ClN3O3S. The third-order valence-electron chi connectivity index (χ3n) is 4.67. The van der Waals surface area contributed by atoms with E-state index < -0.39 is 0 Å². The molecule has 3 rings (SSSR count). The minimum Gasteiger partial charge on any atom is -0.385 e. The Balaban J connectivity index is 1.80. The predicted octanol–water partition coefficient (Wildman–Crippen LogP) is 3.24. The van der Waals surface area contributed by atoms with Crippen molar-refractivity contribution < 1.29 is 9.53 Å². The monoisotopic (exact) mass is 409 g/mol. The molecule has 0 unspecified atom stereocenters. The highest BCUT2D eigenvalue weighted by atomic mass is 35.5. The fourth-order valence-corrected chi connectivity index (χ4v) is 4.32. The second-order valence-electron chi connectivity index (χ2n) is 6.70. The van der Waals surface area contributed by atoms with Crippen molar-refractivity contribution in [3.05, 3.63) is 33.6 Å². The smallest absolute Gasteiger partial charge is 0.262 e.